The number of hydrogen-bond acceptors (Lipinski definition) is 4. The Labute approximate surface area is 267 Å². The first-order valence-corrected chi connectivity index (χ1v) is 15.4. The third-order valence-electron chi connectivity index (χ3n) is 8.26. The van der Waals surface area contributed by atoms with E-state index in [4.69, 9.17) is 0 Å². The molecule has 4 aromatic carbocycles. The first-order chi connectivity index (χ1) is 22.1. The van der Waals surface area contributed by atoms with Crippen molar-refractivity contribution in [2.24, 2.45) is 5.92 Å². The summed E-state index contributed by atoms with van der Waals surface area (Å²) >= 11 is 0. The van der Waals surface area contributed by atoms with Crippen LogP contribution >= 0.6 is 0 Å². The Balaban J connectivity index is 1.39. The minimum atomic E-state index is -1.92. The molecule has 3 N–H and O–H groups in total. The summed E-state index contributed by atoms with van der Waals surface area (Å²) < 4.78 is 27.5. The van der Waals surface area contributed by atoms with Crippen molar-refractivity contribution in [3.8, 4) is 11.1 Å². The third-order valence-corrected chi connectivity index (χ3v) is 8.26. The number of anilines is 1. The predicted octanol–water partition coefficient (Wildman–Crippen LogP) is 6.38. The molecule has 1 aliphatic heterocycles. The van der Waals surface area contributed by atoms with E-state index < -0.39 is 47.4 Å². The van der Waals surface area contributed by atoms with Crippen molar-refractivity contribution in [1.82, 2.24) is 10.7 Å². The number of fused-ring (bicyclic) bond motifs is 3. The molecule has 0 radical (unpaired) electrons. The number of rotatable bonds is 11. The van der Waals surface area contributed by atoms with Gasteiger partial charge < -0.3 is 10.4 Å². The van der Waals surface area contributed by atoms with Gasteiger partial charge in [-0.15, -0.1) is 0 Å². The topological polar surface area (TPSA) is 98.7 Å². The van der Waals surface area contributed by atoms with Crippen LogP contribution in [0.25, 0.3) is 11.1 Å². The lowest BCUT2D eigenvalue weighted by molar-refractivity contribution is -0.135. The molecule has 0 spiro atoms. The summed E-state index contributed by atoms with van der Waals surface area (Å²) in [5.41, 5.74) is 6.73. The van der Waals surface area contributed by atoms with E-state index in [9.17, 15) is 28.3 Å². The number of hydrogen-bond donors (Lipinski definition) is 3. The third kappa shape index (κ3) is 7.32. The van der Waals surface area contributed by atoms with Crippen LogP contribution in [-0.4, -0.2) is 28.9 Å². The van der Waals surface area contributed by atoms with E-state index in [0.717, 1.165) is 48.1 Å². The average molecular weight is 626 g/mol. The number of benzene rings is 4. The molecular formula is C37H37F2N3O4. The number of para-hydroxylation sites is 1. The van der Waals surface area contributed by atoms with E-state index in [-0.39, 0.29) is 11.5 Å². The van der Waals surface area contributed by atoms with Gasteiger partial charge in [0, 0.05) is 11.6 Å². The fourth-order valence-electron chi connectivity index (χ4n) is 5.90. The van der Waals surface area contributed by atoms with Crippen LogP contribution in [0.5, 0.6) is 0 Å². The zero-order chi connectivity index (χ0) is 32.8. The Hall–Kier alpha value is -4.89. The first kappa shape index (κ1) is 32.5. The summed E-state index contributed by atoms with van der Waals surface area (Å²) in [5.74, 6) is -4.92. The largest absolute Gasteiger partial charge is 0.378 e. The first-order valence-electron chi connectivity index (χ1n) is 15.4. The van der Waals surface area contributed by atoms with Crippen molar-refractivity contribution >= 4 is 23.4 Å². The molecule has 238 valence electrons. The minimum absolute atomic E-state index is 0.289. The number of nitrogens with one attached hydrogen (secondary N) is 2. The number of carbonyl (C=O) groups is 3. The highest BCUT2D eigenvalue weighted by Crippen LogP contribution is 2.42. The van der Waals surface area contributed by atoms with Gasteiger partial charge in [0.2, 0.25) is 0 Å². The minimum Gasteiger partial charge on any atom is -0.378 e. The molecule has 0 saturated carbocycles. The Morgan fingerprint density at radius 1 is 0.826 bits per heavy atom. The van der Waals surface area contributed by atoms with E-state index in [1.54, 1.807) is 26.0 Å². The Kier molecular flexibility index (Phi) is 10.2. The van der Waals surface area contributed by atoms with Crippen molar-refractivity contribution in [2.75, 3.05) is 5.01 Å². The molecule has 5 rings (SSSR count). The van der Waals surface area contributed by atoms with E-state index in [2.05, 4.69) is 22.9 Å². The molecule has 3 atom stereocenters. The number of nitrogens with zero attached hydrogens (tertiary/aromatic N) is 1. The van der Waals surface area contributed by atoms with Gasteiger partial charge >= 0.3 is 0 Å². The average Bonchev–Trinajstić information content (AvgIpc) is 3.14. The van der Waals surface area contributed by atoms with Gasteiger partial charge in [0.05, 0.1) is 11.6 Å². The van der Waals surface area contributed by atoms with Gasteiger partial charge in [0.25, 0.3) is 17.7 Å². The van der Waals surface area contributed by atoms with Gasteiger partial charge in [-0.05, 0) is 65.6 Å². The zero-order valence-electron chi connectivity index (χ0n) is 25.8. The molecule has 1 heterocycles. The maximum atomic E-state index is 14.4. The summed E-state index contributed by atoms with van der Waals surface area (Å²) in [6.07, 6.45) is 1.18. The van der Waals surface area contributed by atoms with Gasteiger partial charge in [-0.2, -0.15) is 0 Å². The monoisotopic (exact) mass is 625 g/mol. The van der Waals surface area contributed by atoms with Crippen LogP contribution in [0.15, 0.2) is 97.1 Å². The second-order valence-corrected chi connectivity index (χ2v) is 11.9. The number of halogens is 2. The van der Waals surface area contributed by atoms with Crippen molar-refractivity contribution in [3.05, 3.63) is 125 Å². The van der Waals surface area contributed by atoms with Crippen LogP contribution in [-0.2, 0) is 20.8 Å². The maximum absolute atomic E-state index is 14.4. The Morgan fingerprint density at radius 3 is 2.15 bits per heavy atom. The number of aliphatic hydroxyl groups excluding tert-OH is 1. The zero-order valence-corrected chi connectivity index (χ0v) is 25.8. The molecule has 9 heteroatoms. The van der Waals surface area contributed by atoms with Crippen molar-refractivity contribution < 1.29 is 28.3 Å². The van der Waals surface area contributed by atoms with Gasteiger partial charge in [0.15, 0.2) is 6.10 Å². The highest BCUT2D eigenvalue weighted by atomic mass is 19.1. The van der Waals surface area contributed by atoms with E-state index >= 15 is 0 Å². The van der Waals surface area contributed by atoms with Crippen molar-refractivity contribution in [1.29, 1.82) is 0 Å². The van der Waals surface area contributed by atoms with Gasteiger partial charge in [-0.1, -0.05) is 93.1 Å². The molecule has 46 heavy (non-hydrogen) atoms. The SMILES string of the molecule is CC(C)[C@H](NC(=O)[C@@H](O)c1cc(F)cc(F)c1)C(=O)NN1C(=O)C(CCCCc2ccccc2)c2ccccc2-c2ccccc21. The summed E-state index contributed by atoms with van der Waals surface area (Å²) in [6.45, 7) is 3.39. The summed E-state index contributed by atoms with van der Waals surface area (Å²) in [6, 6.07) is 26.3. The molecule has 1 unspecified atom stereocenters. The maximum Gasteiger partial charge on any atom is 0.261 e. The molecule has 0 fully saturated rings. The molecule has 1 aliphatic rings. The highest BCUT2D eigenvalue weighted by Gasteiger charge is 2.37. The predicted molar refractivity (Wildman–Crippen MR) is 172 cm³/mol. The lowest BCUT2D eigenvalue weighted by Crippen LogP contribution is -2.57. The molecular weight excluding hydrogens is 588 g/mol. The molecule has 0 aromatic heterocycles. The van der Waals surface area contributed by atoms with Crippen LogP contribution in [0.1, 0.15) is 61.8 Å². The molecule has 4 aromatic rings. The fourth-order valence-corrected chi connectivity index (χ4v) is 5.90. The molecule has 0 aliphatic carbocycles. The quantitative estimate of drug-likeness (QED) is 0.169. The normalized spacial score (nSPS) is 15.4. The van der Waals surface area contributed by atoms with Gasteiger partial charge in [-0.3, -0.25) is 19.8 Å². The summed E-state index contributed by atoms with van der Waals surface area (Å²) in [5, 5.41) is 14.3. The molecule has 7 nitrogen and oxygen atoms in total. The van der Waals surface area contributed by atoms with Crippen LogP contribution in [0, 0.1) is 17.6 Å². The Morgan fingerprint density at radius 2 is 1.46 bits per heavy atom. The van der Waals surface area contributed by atoms with Crippen molar-refractivity contribution in [2.45, 2.75) is 57.6 Å². The fraction of sp³-hybridized carbons (Fsp3) is 0.270. The lowest BCUT2D eigenvalue weighted by atomic mass is 9.87. The van der Waals surface area contributed by atoms with Gasteiger partial charge in [0.1, 0.15) is 17.7 Å². The van der Waals surface area contributed by atoms with Crippen LogP contribution in [0.4, 0.5) is 14.5 Å². The Bertz CT molecular complexity index is 1690. The molecule has 0 saturated heterocycles. The summed E-state index contributed by atoms with van der Waals surface area (Å²) in [4.78, 5) is 41.1. The number of carbonyl (C=O) groups excluding carboxylic acids is 3. The number of aliphatic hydroxyl groups is 1. The second kappa shape index (κ2) is 14.5. The van der Waals surface area contributed by atoms with Gasteiger partial charge in [-0.25, -0.2) is 13.8 Å². The van der Waals surface area contributed by atoms with Crippen molar-refractivity contribution in [3.63, 3.8) is 0 Å². The number of unbranched alkanes of at least 4 members (excludes halogenated alkanes) is 1. The standard InChI is InChI=1S/C37H37F2N3O4/c1-23(2)33(40-36(45)34(43)25-20-26(38)22-27(39)21-25)35(44)41-42-32-19-11-10-17-30(32)28-15-8-9-16-29(28)31(37(42)46)18-7-6-14-24-12-4-3-5-13-24/h3-5,8-13,15-17,19-23,31,33-34,43H,6-7,14,18H2,1-2H3,(H,40,45)(H,41,44)/t31?,33-,34-/m0/s1. The number of hydrazine groups is 1. The second-order valence-electron chi connectivity index (χ2n) is 11.9. The highest BCUT2D eigenvalue weighted by molar-refractivity contribution is 6.07. The number of amides is 3. The van der Waals surface area contributed by atoms with Crippen LogP contribution < -0.4 is 15.8 Å². The lowest BCUT2D eigenvalue weighted by Gasteiger charge is -2.30. The van der Waals surface area contributed by atoms with Crippen LogP contribution in [0.2, 0.25) is 0 Å². The van der Waals surface area contributed by atoms with E-state index in [1.165, 1.54) is 10.6 Å². The molecule has 0 bridgehead atoms. The molecule has 3 amide bonds. The van der Waals surface area contributed by atoms with E-state index in [0.29, 0.717) is 18.2 Å². The number of aryl methyl sites for hydroxylation is 1. The summed E-state index contributed by atoms with van der Waals surface area (Å²) in [7, 11) is 0. The van der Waals surface area contributed by atoms with Crippen LogP contribution in [0.3, 0.4) is 0 Å². The smallest absolute Gasteiger partial charge is 0.261 e. The van der Waals surface area contributed by atoms with E-state index in [1.807, 2.05) is 54.6 Å².